The predicted octanol–water partition coefficient (Wildman–Crippen LogP) is 2.67. The van der Waals surface area contributed by atoms with Gasteiger partial charge in [-0.15, -0.1) is 0 Å². The van der Waals surface area contributed by atoms with Gasteiger partial charge in [0, 0.05) is 19.0 Å². The summed E-state index contributed by atoms with van der Waals surface area (Å²) >= 11 is 0. The molecule has 2 atom stereocenters. The molecule has 0 saturated carbocycles. The molecule has 122 valence electrons. The Morgan fingerprint density at radius 3 is 2.82 bits per heavy atom. The number of ether oxygens (including phenoxy) is 2. The molecule has 1 aliphatic heterocycles. The van der Waals surface area contributed by atoms with Gasteiger partial charge in [0.1, 0.15) is 11.4 Å². The van der Waals surface area contributed by atoms with Gasteiger partial charge in [0.25, 0.3) is 0 Å². The van der Waals surface area contributed by atoms with Gasteiger partial charge in [-0.05, 0) is 45.4 Å². The number of hydrogen-bond donors (Lipinski definition) is 2. The first-order valence-corrected chi connectivity index (χ1v) is 7.82. The lowest BCUT2D eigenvalue weighted by Crippen LogP contribution is -2.42. The molecule has 1 fully saturated rings. The third-order valence-corrected chi connectivity index (χ3v) is 3.51. The van der Waals surface area contributed by atoms with Crippen molar-refractivity contribution in [3.05, 3.63) is 29.8 Å². The second-order valence-corrected chi connectivity index (χ2v) is 6.52. The van der Waals surface area contributed by atoms with E-state index >= 15 is 0 Å². The van der Waals surface area contributed by atoms with Crippen molar-refractivity contribution in [2.75, 3.05) is 19.7 Å². The molecule has 2 rings (SSSR count). The van der Waals surface area contributed by atoms with Crippen LogP contribution in [0.3, 0.4) is 0 Å². The van der Waals surface area contributed by atoms with Crippen LogP contribution >= 0.6 is 0 Å². The van der Waals surface area contributed by atoms with Crippen LogP contribution in [0.15, 0.2) is 24.3 Å². The van der Waals surface area contributed by atoms with Crippen LogP contribution in [0, 0.1) is 0 Å². The average Bonchev–Trinajstić information content (AvgIpc) is 2.85. The molecule has 22 heavy (non-hydrogen) atoms. The lowest BCUT2D eigenvalue weighted by atomic mass is 9.94. The summed E-state index contributed by atoms with van der Waals surface area (Å²) in [7, 11) is 0. The molecular formula is C17H26N2O3. The highest BCUT2D eigenvalue weighted by Crippen LogP contribution is 2.26. The van der Waals surface area contributed by atoms with Crippen molar-refractivity contribution < 1.29 is 14.3 Å². The predicted molar refractivity (Wildman–Crippen MR) is 86.4 cm³/mol. The van der Waals surface area contributed by atoms with Crippen molar-refractivity contribution in [2.45, 2.75) is 45.3 Å². The van der Waals surface area contributed by atoms with Crippen LogP contribution < -0.4 is 15.4 Å². The summed E-state index contributed by atoms with van der Waals surface area (Å²) in [6, 6.07) is 8.08. The number of alkyl carbamates (subject to hydrolysis) is 1. The first-order valence-electron chi connectivity index (χ1n) is 7.82. The van der Waals surface area contributed by atoms with E-state index in [1.165, 1.54) is 0 Å². The van der Waals surface area contributed by atoms with Crippen LogP contribution in [0.4, 0.5) is 4.79 Å². The molecule has 1 aromatic carbocycles. The Morgan fingerprint density at radius 2 is 2.14 bits per heavy atom. The van der Waals surface area contributed by atoms with Crippen molar-refractivity contribution in [1.29, 1.82) is 0 Å². The molecule has 2 N–H and O–H groups in total. The molecule has 0 aliphatic carbocycles. The van der Waals surface area contributed by atoms with E-state index in [4.69, 9.17) is 9.47 Å². The van der Waals surface area contributed by atoms with Crippen LogP contribution in [0.25, 0.3) is 0 Å². The normalized spacial score (nSPS) is 21.5. The van der Waals surface area contributed by atoms with E-state index in [1.807, 2.05) is 45.9 Å². The van der Waals surface area contributed by atoms with Gasteiger partial charge in [-0.2, -0.15) is 0 Å². The highest BCUT2D eigenvalue weighted by molar-refractivity contribution is 5.68. The molecule has 1 aliphatic rings. The summed E-state index contributed by atoms with van der Waals surface area (Å²) in [5.41, 5.74) is 0.678. The zero-order valence-corrected chi connectivity index (χ0v) is 13.8. The van der Waals surface area contributed by atoms with Crippen molar-refractivity contribution in [3.63, 3.8) is 0 Å². The zero-order chi connectivity index (χ0) is 16.2. The molecule has 1 amide bonds. The summed E-state index contributed by atoms with van der Waals surface area (Å²) in [5.74, 6) is 1.08. The van der Waals surface area contributed by atoms with E-state index in [0.29, 0.717) is 6.61 Å². The van der Waals surface area contributed by atoms with Gasteiger partial charge in [0.15, 0.2) is 0 Å². The maximum absolute atomic E-state index is 12.0. The third-order valence-electron chi connectivity index (χ3n) is 3.51. The summed E-state index contributed by atoms with van der Waals surface area (Å²) in [6.07, 6.45) is -0.368. The van der Waals surface area contributed by atoms with Crippen LogP contribution in [0.2, 0.25) is 0 Å². The first-order chi connectivity index (χ1) is 10.4. The second kappa shape index (κ2) is 7.01. The standard InChI is InChI=1S/C17H26N2O3/c1-5-21-13-8-6-7-12(9-13)14-10-18-11-15(14)19-16(20)22-17(2,3)4/h6-9,14-15,18H,5,10-11H2,1-4H3,(H,19,20)/t14-,15+/m0/s1. The molecule has 0 bridgehead atoms. The summed E-state index contributed by atoms with van der Waals surface area (Å²) < 4.78 is 10.9. The Hall–Kier alpha value is -1.75. The SMILES string of the molecule is CCOc1cccc([C@@H]2CNC[C@H]2NC(=O)OC(C)(C)C)c1. The van der Waals surface area contributed by atoms with E-state index < -0.39 is 5.60 Å². The van der Waals surface area contributed by atoms with Crippen LogP contribution in [-0.4, -0.2) is 37.4 Å². The summed E-state index contributed by atoms with van der Waals surface area (Å²) in [5, 5.41) is 6.30. The highest BCUT2D eigenvalue weighted by atomic mass is 16.6. The van der Waals surface area contributed by atoms with Crippen LogP contribution in [0.5, 0.6) is 5.75 Å². The van der Waals surface area contributed by atoms with Crippen molar-refractivity contribution in [1.82, 2.24) is 10.6 Å². The molecule has 5 heteroatoms. The Balaban J connectivity index is 2.04. The number of amides is 1. The van der Waals surface area contributed by atoms with E-state index in [2.05, 4.69) is 16.7 Å². The van der Waals surface area contributed by atoms with Gasteiger partial charge in [-0.3, -0.25) is 0 Å². The molecular weight excluding hydrogens is 280 g/mol. The number of carbonyl (C=O) groups excluding carboxylic acids is 1. The monoisotopic (exact) mass is 306 g/mol. The van der Waals surface area contributed by atoms with Crippen molar-refractivity contribution in [3.8, 4) is 5.75 Å². The molecule has 0 unspecified atom stereocenters. The molecule has 1 heterocycles. The maximum Gasteiger partial charge on any atom is 0.407 e. The molecule has 1 aromatic rings. The molecule has 0 spiro atoms. The Morgan fingerprint density at radius 1 is 1.36 bits per heavy atom. The van der Waals surface area contributed by atoms with Gasteiger partial charge in [-0.1, -0.05) is 12.1 Å². The molecule has 0 radical (unpaired) electrons. The number of rotatable bonds is 4. The van der Waals surface area contributed by atoms with Gasteiger partial charge >= 0.3 is 6.09 Å². The highest BCUT2D eigenvalue weighted by Gasteiger charge is 2.31. The second-order valence-electron chi connectivity index (χ2n) is 6.52. The average molecular weight is 306 g/mol. The fraction of sp³-hybridized carbons (Fsp3) is 0.588. The van der Waals surface area contributed by atoms with Crippen LogP contribution in [-0.2, 0) is 4.74 Å². The number of hydrogen-bond acceptors (Lipinski definition) is 4. The van der Waals surface area contributed by atoms with Gasteiger partial charge in [-0.25, -0.2) is 4.79 Å². The van der Waals surface area contributed by atoms with Gasteiger partial charge < -0.3 is 20.1 Å². The lowest BCUT2D eigenvalue weighted by Gasteiger charge is -2.24. The maximum atomic E-state index is 12.0. The summed E-state index contributed by atoms with van der Waals surface area (Å²) in [6.45, 7) is 9.77. The first kappa shape index (κ1) is 16.6. The fourth-order valence-electron chi connectivity index (χ4n) is 2.64. The van der Waals surface area contributed by atoms with E-state index in [0.717, 1.165) is 24.4 Å². The van der Waals surface area contributed by atoms with E-state index in [-0.39, 0.29) is 18.1 Å². The number of nitrogens with one attached hydrogen (secondary N) is 2. The van der Waals surface area contributed by atoms with Gasteiger partial charge in [0.05, 0.1) is 12.6 Å². The van der Waals surface area contributed by atoms with Gasteiger partial charge in [0.2, 0.25) is 0 Å². The lowest BCUT2D eigenvalue weighted by molar-refractivity contribution is 0.0504. The quantitative estimate of drug-likeness (QED) is 0.898. The minimum absolute atomic E-state index is 0.0201. The topological polar surface area (TPSA) is 59.6 Å². The largest absolute Gasteiger partial charge is 0.494 e. The van der Waals surface area contributed by atoms with E-state index in [1.54, 1.807) is 0 Å². The zero-order valence-electron chi connectivity index (χ0n) is 13.8. The van der Waals surface area contributed by atoms with E-state index in [9.17, 15) is 4.79 Å². The molecule has 0 aromatic heterocycles. The minimum Gasteiger partial charge on any atom is -0.494 e. The van der Waals surface area contributed by atoms with Crippen molar-refractivity contribution in [2.24, 2.45) is 0 Å². The molecule has 1 saturated heterocycles. The fourth-order valence-corrected chi connectivity index (χ4v) is 2.64. The summed E-state index contributed by atoms with van der Waals surface area (Å²) in [4.78, 5) is 12.0. The third kappa shape index (κ3) is 4.63. The number of benzene rings is 1. The smallest absolute Gasteiger partial charge is 0.407 e. The Kier molecular flexibility index (Phi) is 5.29. The Bertz CT molecular complexity index is 511. The molecule has 5 nitrogen and oxygen atoms in total. The number of carbonyl (C=O) groups is 1. The van der Waals surface area contributed by atoms with Crippen LogP contribution in [0.1, 0.15) is 39.2 Å². The Labute approximate surface area is 132 Å². The van der Waals surface area contributed by atoms with Crippen molar-refractivity contribution >= 4 is 6.09 Å². The minimum atomic E-state index is -0.486.